The number of aromatic nitrogens is 2. The number of benzene rings is 2. The molecule has 7 heteroatoms. The highest BCUT2D eigenvalue weighted by Gasteiger charge is 2.38. The molecule has 2 heterocycles. The highest BCUT2D eigenvalue weighted by Crippen LogP contribution is 2.41. The Bertz CT molecular complexity index is 1120. The Morgan fingerprint density at radius 3 is 2.64 bits per heavy atom. The van der Waals surface area contributed by atoms with Crippen molar-refractivity contribution in [1.82, 2.24) is 9.55 Å². The van der Waals surface area contributed by atoms with E-state index in [-0.39, 0.29) is 11.3 Å². The summed E-state index contributed by atoms with van der Waals surface area (Å²) in [5, 5.41) is 11.4. The zero-order chi connectivity index (χ0) is 19.8. The molecule has 0 saturated heterocycles. The van der Waals surface area contributed by atoms with Crippen LogP contribution in [0.1, 0.15) is 23.7 Å². The van der Waals surface area contributed by atoms with Gasteiger partial charge in [-0.15, -0.1) is 0 Å². The van der Waals surface area contributed by atoms with Crippen LogP contribution in [0, 0.1) is 0 Å². The maximum Gasteiger partial charge on any atom is 0.269 e. The van der Waals surface area contributed by atoms with Crippen LogP contribution in [0.5, 0.6) is 0 Å². The summed E-state index contributed by atoms with van der Waals surface area (Å²) >= 11 is 6.04. The highest BCUT2D eigenvalue weighted by molar-refractivity contribution is 6.43. The summed E-state index contributed by atoms with van der Waals surface area (Å²) in [5.74, 6) is -1.27. The van der Waals surface area contributed by atoms with Gasteiger partial charge in [0, 0.05) is 24.1 Å². The minimum atomic E-state index is -0.588. The van der Waals surface area contributed by atoms with Crippen molar-refractivity contribution in [2.45, 2.75) is 13.5 Å². The smallest absolute Gasteiger partial charge is 0.269 e. The molecule has 0 radical (unpaired) electrons. The van der Waals surface area contributed by atoms with Gasteiger partial charge in [0.2, 0.25) is 5.91 Å². The van der Waals surface area contributed by atoms with Crippen LogP contribution in [-0.4, -0.2) is 26.5 Å². The molecular weight excluding hydrogens is 378 g/mol. The molecule has 6 nitrogen and oxygen atoms in total. The number of imide groups is 1. The first-order chi connectivity index (χ1) is 13.5. The molecule has 4 rings (SSSR count). The third-order valence-electron chi connectivity index (χ3n) is 4.59. The second kappa shape index (κ2) is 6.98. The summed E-state index contributed by atoms with van der Waals surface area (Å²) in [5.41, 5.74) is 2.28. The minimum absolute atomic E-state index is 0.0525. The van der Waals surface area contributed by atoms with Crippen molar-refractivity contribution in [2.75, 3.05) is 4.90 Å². The number of imidazole rings is 1. The molecule has 0 unspecified atom stereocenters. The zero-order valence-electron chi connectivity index (χ0n) is 15.0. The molecular formula is C21H16ClN3O3. The standard InChI is InChI=1S/C21H16ClN3O3/c1-13(26)25-17-9-15(22)7-8-16(17)19(21(25)28)20(27)18-10-23-12-24(18)11-14-5-3-2-4-6-14/h2-10,12,27H,11H2,1H3. The van der Waals surface area contributed by atoms with Crippen molar-refractivity contribution in [2.24, 2.45) is 0 Å². The van der Waals surface area contributed by atoms with Crippen molar-refractivity contribution in [3.05, 3.63) is 82.9 Å². The molecule has 0 spiro atoms. The normalized spacial score (nSPS) is 14.9. The van der Waals surface area contributed by atoms with E-state index in [0.29, 0.717) is 28.5 Å². The number of anilines is 1. The van der Waals surface area contributed by atoms with Crippen LogP contribution in [0.4, 0.5) is 5.69 Å². The predicted octanol–water partition coefficient (Wildman–Crippen LogP) is 3.90. The molecule has 28 heavy (non-hydrogen) atoms. The lowest BCUT2D eigenvalue weighted by Gasteiger charge is -2.12. The van der Waals surface area contributed by atoms with Gasteiger partial charge < -0.3 is 9.67 Å². The van der Waals surface area contributed by atoms with Gasteiger partial charge in [0.05, 0.1) is 23.8 Å². The second-order valence-electron chi connectivity index (χ2n) is 6.44. The fourth-order valence-electron chi connectivity index (χ4n) is 3.33. The maximum absolute atomic E-state index is 12.9. The Kier molecular flexibility index (Phi) is 4.49. The first-order valence-corrected chi connectivity index (χ1v) is 8.97. The number of carbonyl (C=O) groups excluding carboxylic acids is 2. The molecule has 0 bridgehead atoms. The number of halogens is 1. The van der Waals surface area contributed by atoms with Crippen LogP contribution in [0.2, 0.25) is 5.02 Å². The number of amides is 2. The van der Waals surface area contributed by atoms with Crippen LogP contribution < -0.4 is 4.90 Å². The van der Waals surface area contributed by atoms with E-state index in [1.807, 2.05) is 30.3 Å². The number of aliphatic hydroxyl groups excluding tert-OH is 1. The molecule has 140 valence electrons. The van der Waals surface area contributed by atoms with E-state index in [4.69, 9.17) is 11.6 Å². The lowest BCUT2D eigenvalue weighted by Crippen LogP contribution is -2.31. The molecule has 0 atom stereocenters. The molecule has 1 N–H and O–H groups in total. The van der Waals surface area contributed by atoms with Crippen LogP contribution in [0.25, 0.3) is 11.3 Å². The number of hydrogen-bond acceptors (Lipinski definition) is 4. The molecule has 0 aliphatic carbocycles. The summed E-state index contributed by atoms with van der Waals surface area (Å²) in [7, 11) is 0. The average molecular weight is 394 g/mol. The summed E-state index contributed by atoms with van der Waals surface area (Å²) in [6.45, 7) is 1.77. The van der Waals surface area contributed by atoms with Crippen molar-refractivity contribution in [1.29, 1.82) is 0 Å². The number of aliphatic hydroxyl groups is 1. The second-order valence-corrected chi connectivity index (χ2v) is 6.87. The van der Waals surface area contributed by atoms with Gasteiger partial charge in [-0.1, -0.05) is 48.0 Å². The topological polar surface area (TPSA) is 75.4 Å². The van der Waals surface area contributed by atoms with E-state index in [1.54, 1.807) is 23.0 Å². The number of fused-ring (bicyclic) bond motifs is 1. The van der Waals surface area contributed by atoms with E-state index in [1.165, 1.54) is 19.2 Å². The lowest BCUT2D eigenvalue weighted by molar-refractivity contribution is -0.122. The predicted molar refractivity (Wildman–Crippen MR) is 107 cm³/mol. The van der Waals surface area contributed by atoms with Gasteiger partial charge in [0.15, 0.2) is 5.76 Å². The van der Waals surface area contributed by atoms with E-state index in [2.05, 4.69) is 4.98 Å². The third-order valence-corrected chi connectivity index (χ3v) is 4.82. The SMILES string of the molecule is CC(=O)N1C(=O)C(=C(O)c2cncn2Cc2ccccc2)c2ccc(Cl)cc21. The summed E-state index contributed by atoms with van der Waals surface area (Å²) < 4.78 is 1.75. The van der Waals surface area contributed by atoms with Crippen molar-refractivity contribution in [3.63, 3.8) is 0 Å². The van der Waals surface area contributed by atoms with Crippen LogP contribution in [0.15, 0.2) is 61.1 Å². The number of rotatable bonds is 3. The molecule has 2 amide bonds. The van der Waals surface area contributed by atoms with Gasteiger partial charge in [0.25, 0.3) is 5.91 Å². The van der Waals surface area contributed by atoms with E-state index in [0.717, 1.165) is 10.5 Å². The Morgan fingerprint density at radius 1 is 1.18 bits per heavy atom. The first kappa shape index (κ1) is 18.0. The van der Waals surface area contributed by atoms with Gasteiger partial charge in [0.1, 0.15) is 5.69 Å². The van der Waals surface area contributed by atoms with Crippen LogP contribution in [0.3, 0.4) is 0 Å². The fraction of sp³-hybridized carbons (Fsp3) is 0.0952. The Morgan fingerprint density at radius 2 is 1.93 bits per heavy atom. The van der Waals surface area contributed by atoms with Gasteiger partial charge in [-0.3, -0.25) is 9.59 Å². The van der Waals surface area contributed by atoms with Gasteiger partial charge in [-0.05, 0) is 17.7 Å². The summed E-state index contributed by atoms with van der Waals surface area (Å²) in [6.07, 6.45) is 3.08. The first-order valence-electron chi connectivity index (χ1n) is 8.60. The average Bonchev–Trinajstić information content (AvgIpc) is 3.23. The molecule has 1 aliphatic rings. The number of hydrogen-bond donors (Lipinski definition) is 1. The molecule has 1 aromatic heterocycles. The van der Waals surface area contributed by atoms with Crippen molar-refractivity contribution in [3.8, 4) is 0 Å². The molecule has 0 fully saturated rings. The fourth-order valence-corrected chi connectivity index (χ4v) is 3.50. The van der Waals surface area contributed by atoms with Gasteiger partial charge in [-0.2, -0.15) is 0 Å². The monoisotopic (exact) mass is 393 g/mol. The van der Waals surface area contributed by atoms with E-state index < -0.39 is 11.8 Å². The van der Waals surface area contributed by atoms with Gasteiger partial charge in [-0.25, -0.2) is 9.88 Å². The van der Waals surface area contributed by atoms with Crippen LogP contribution >= 0.6 is 11.6 Å². The zero-order valence-corrected chi connectivity index (χ0v) is 15.7. The molecule has 0 saturated carbocycles. The number of nitrogens with zero attached hydrogens (tertiary/aromatic N) is 3. The van der Waals surface area contributed by atoms with E-state index >= 15 is 0 Å². The quantitative estimate of drug-likeness (QED) is 0.540. The number of carbonyl (C=O) groups is 2. The molecule has 3 aromatic rings. The van der Waals surface area contributed by atoms with E-state index in [9.17, 15) is 14.7 Å². The Labute approximate surface area is 166 Å². The van der Waals surface area contributed by atoms with Gasteiger partial charge >= 0.3 is 0 Å². The lowest BCUT2D eigenvalue weighted by atomic mass is 10.0. The van der Waals surface area contributed by atoms with Crippen molar-refractivity contribution < 1.29 is 14.7 Å². The maximum atomic E-state index is 12.9. The van der Waals surface area contributed by atoms with Crippen molar-refractivity contribution >= 4 is 40.4 Å². The largest absolute Gasteiger partial charge is 0.505 e. The summed E-state index contributed by atoms with van der Waals surface area (Å²) in [4.78, 5) is 30.1. The minimum Gasteiger partial charge on any atom is -0.505 e. The highest BCUT2D eigenvalue weighted by atomic mass is 35.5. The third kappa shape index (κ3) is 2.97. The Hall–Kier alpha value is -3.38. The van der Waals surface area contributed by atoms with Crippen LogP contribution in [-0.2, 0) is 16.1 Å². The molecule has 2 aromatic carbocycles. The Balaban J connectivity index is 1.83. The summed E-state index contributed by atoms with van der Waals surface area (Å²) in [6, 6.07) is 14.5. The molecule has 1 aliphatic heterocycles.